The van der Waals surface area contributed by atoms with Gasteiger partial charge in [-0.15, -0.1) is 0 Å². The van der Waals surface area contributed by atoms with Crippen molar-refractivity contribution in [1.82, 2.24) is 0 Å². The molecule has 9 nitrogen and oxygen atoms in total. The van der Waals surface area contributed by atoms with E-state index in [0.29, 0.717) is 0 Å². The van der Waals surface area contributed by atoms with Crippen LogP contribution in [0.4, 0.5) is 17.1 Å². The number of anilines is 2. The van der Waals surface area contributed by atoms with Crippen molar-refractivity contribution >= 4 is 54.6 Å². The highest BCUT2D eigenvalue weighted by atomic mass is 79.9. The highest BCUT2D eigenvalue weighted by molar-refractivity contribution is 9.10. The molecule has 0 saturated carbocycles. The summed E-state index contributed by atoms with van der Waals surface area (Å²) in [5, 5.41) is 11.1. The Kier molecular flexibility index (Phi) is 5.10. The number of aryl methyl sites for hydroxylation is 1. The number of nitro benzene ring substituents is 1. The lowest BCUT2D eigenvalue weighted by Gasteiger charge is -2.23. The third-order valence-corrected chi connectivity index (χ3v) is 7.09. The van der Waals surface area contributed by atoms with Crippen LogP contribution in [0.25, 0.3) is 0 Å². The van der Waals surface area contributed by atoms with Gasteiger partial charge in [-0.1, -0.05) is 17.7 Å². The van der Waals surface area contributed by atoms with Gasteiger partial charge >= 0.3 is 0 Å². The molecule has 3 aromatic carbocycles. The Labute approximate surface area is 190 Å². The van der Waals surface area contributed by atoms with Gasteiger partial charge in [0.1, 0.15) is 0 Å². The second kappa shape index (κ2) is 7.53. The molecular weight excluding hydrogens is 502 g/mol. The van der Waals surface area contributed by atoms with E-state index in [-0.39, 0.29) is 48.7 Å². The molecule has 3 N–H and O–H groups in total. The maximum Gasteiger partial charge on any atom is 0.270 e. The van der Waals surface area contributed by atoms with Gasteiger partial charge in [-0.3, -0.25) is 24.4 Å². The highest BCUT2D eigenvalue weighted by Crippen LogP contribution is 2.40. The first kappa shape index (κ1) is 21.7. The number of nitrogens with one attached hydrogen (secondary N) is 1. The van der Waals surface area contributed by atoms with Gasteiger partial charge in [-0.25, -0.2) is 8.42 Å². The number of carbonyl (C=O) groups excluding carboxylic acids is 2. The van der Waals surface area contributed by atoms with Crippen molar-refractivity contribution < 1.29 is 22.9 Å². The molecule has 1 aliphatic rings. The Morgan fingerprint density at radius 3 is 2.22 bits per heavy atom. The Balaban J connectivity index is 1.91. The number of sulfonamides is 1. The molecular formula is C21H14BrN3O6S. The second-order valence-electron chi connectivity index (χ2n) is 7.13. The van der Waals surface area contributed by atoms with Crippen LogP contribution in [0.2, 0.25) is 0 Å². The number of hydrogen-bond donors (Lipinski definition) is 2. The second-order valence-corrected chi connectivity index (χ2v) is 9.67. The summed E-state index contributed by atoms with van der Waals surface area (Å²) in [7, 11) is -4.12. The quantitative estimate of drug-likeness (QED) is 0.238. The number of rotatable bonds is 4. The highest BCUT2D eigenvalue weighted by Gasteiger charge is 2.36. The molecule has 0 amide bonds. The lowest BCUT2D eigenvalue weighted by molar-refractivity contribution is -0.384. The third-order valence-electron chi connectivity index (χ3n) is 5.05. The molecule has 0 aliphatic heterocycles. The first-order chi connectivity index (χ1) is 15.0. The molecule has 0 fully saturated rings. The molecule has 3 aromatic rings. The summed E-state index contributed by atoms with van der Waals surface area (Å²) in [6.45, 7) is 1.80. The van der Waals surface area contributed by atoms with Crippen molar-refractivity contribution in [2.75, 3.05) is 10.5 Å². The van der Waals surface area contributed by atoms with Gasteiger partial charge in [0.25, 0.3) is 15.7 Å². The first-order valence-corrected chi connectivity index (χ1v) is 11.4. The van der Waals surface area contributed by atoms with Crippen LogP contribution < -0.4 is 10.5 Å². The lowest BCUT2D eigenvalue weighted by atomic mass is 9.82. The SMILES string of the molecule is Cc1ccc(S(=O)(=O)Nc2cc(Br)c(N)c3c2C(=O)c2cc([N+](=O)[O-])ccc2C3=O)cc1. The predicted molar refractivity (Wildman–Crippen MR) is 121 cm³/mol. The van der Waals surface area contributed by atoms with E-state index in [4.69, 9.17) is 5.73 Å². The van der Waals surface area contributed by atoms with Crippen molar-refractivity contribution in [2.24, 2.45) is 0 Å². The maximum absolute atomic E-state index is 13.3. The average Bonchev–Trinajstić information content (AvgIpc) is 2.74. The zero-order valence-corrected chi connectivity index (χ0v) is 18.8. The van der Waals surface area contributed by atoms with Crippen LogP contribution in [0.15, 0.2) is 57.9 Å². The normalized spacial score (nSPS) is 12.8. The lowest BCUT2D eigenvalue weighted by Crippen LogP contribution is -2.25. The van der Waals surface area contributed by atoms with E-state index < -0.39 is 26.5 Å². The number of benzene rings is 3. The molecule has 0 radical (unpaired) electrons. The van der Waals surface area contributed by atoms with E-state index in [9.17, 15) is 28.1 Å². The molecule has 162 valence electrons. The fraction of sp³-hybridized carbons (Fsp3) is 0.0476. The average molecular weight is 516 g/mol. The van der Waals surface area contributed by atoms with Crippen molar-refractivity contribution in [3.63, 3.8) is 0 Å². The summed E-state index contributed by atoms with van der Waals surface area (Å²) < 4.78 is 28.4. The van der Waals surface area contributed by atoms with Crippen LogP contribution in [-0.2, 0) is 10.0 Å². The van der Waals surface area contributed by atoms with Gasteiger partial charge in [-0.2, -0.15) is 0 Å². The van der Waals surface area contributed by atoms with Crippen LogP contribution >= 0.6 is 15.9 Å². The van der Waals surface area contributed by atoms with Crippen LogP contribution in [0.1, 0.15) is 37.4 Å². The van der Waals surface area contributed by atoms with E-state index in [1.807, 2.05) is 0 Å². The third kappa shape index (κ3) is 3.45. The van der Waals surface area contributed by atoms with Crippen molar-refractivity contribution in [2.45, 2.75) is 11.8 Å². The zero-order chi connectivity index (χ0) is 23.4. The zero-order valence-electron chi connectivity index (χ0n) is 16.4. The number of fused-ring (bicyclic) bond motifs is 2. The Bertz CT molecular complexity index is 1450. The maximum atomic E-state index is 13.3. The minimum absolute atomic E-state index is 0.0411. The Hall–Kier alpha value is -3.57. The van der Waals surface area contributed by atoms with Gasteiger partial charge in [0.05, 0.1) is 32.3 Å². The molecule has 32 heavy (non-hydrogen) atoms. The number of nitrogen functional groups attached to an aromatic ring is 1. The van der Waals surface area contributed by atoms with E-state index in [2.05, 4.69) is 20.7 Å². The minimum atomic E-state index is -4.12. The minimum Gasteiger partial charge on any atom is -0.397 e. The topological polar surface area (TPSA) is 149 Å². The smallest absolute Gasteiger partial charge is 0.270 e. The molecule has 0 bridgehead atoms. The molecule has 0 unspecified atom stereocenters. The van der Waals surface area contributed by atoms with Crippen LogP contribution in [0.5, 0.6) is 0 Å². The predicted octanol–water partition coefficient (Wildman–Crippen LogP) is 3.82. The van der Waals surface area contributed by atoms with E-state index >= 15 is 0 Å². The molecule has 0 heterocycles. The summed E-state index contributed by atoms with van der Waals surface area (Å²) in [6, 6.07) is 10.6. The molecule has 4 rings (SSSR count). The number of nitrogens with two attached hydrogens (primary N) is 1. The fourth-order valence-electron chi connectivity index (χ4n) is 3.44. The standard InChI is InChI=1S/C21H14BrN3O6S/c1-10-2-5-12(6-3-10)32(30,31)24-16-9-15(22)19(23)18-17(16)21(27)14-8-11(25(28)29)4-7-13(14)20(18)26/h2-9,24H,23H2,1H3. The van der Waals surface area contributed by atoms with Crippen molar-refractivity contribution in [3.8, 4) is 0 Å². The number of ketones is 2. The molecule has 1 aliphatic carbocycles. The number of nitro groups is 1. The molecule has 11 heteroatoms. The molecule has 0 saturated heterocycles. The number of carbonyl (C=O) groups is 2. The Morgan fingerprint density at radius 1 is 0.969 bits per heavy atom. The van der Waals surface area contributed by atoms with Crippen LogP contribution in [0.3, 0.4) is 0 Å². The largest absolute Gasteiger partial charge is 0.397 e. The fourth-order valence-corrected chi connectivity index (χ4v) is 4.93. The van der Waals surface area contributed by atoms with E-state index in [0.717, 1.165) is 17.7 Å². The summed E-state index contributed by atoms with van der Waals surface area (Å²) in [5.74, 6) is -1.39. The molecule has 0 spiro atoms. The first-order valence-electron chi connectivity index (χ1n) is 9.10. The van der Waals surface area contributed by atoms with Crippen LogP contribution in [0, 0.1) is 17.0 Å². The van der Waals surface area contributed by atoms with Crippen LogP contribution in [-0.4, -0.2) is 24.9 Å². The van der Waals surface area contributed by atoms with Gasteiger partial charge < -0.3 is 5.73 Å². The number of hydrogen-bond acceptors (Lipinski definition) is 7. The van der Waals surface area contributed by atoms with Crippen molar-refractivity contribution in [1.29, 1.82) is 0 Å². The summed E-state index contributed by atoms with van der Waals surface area (Å²) in [4.78, 5) is 36.8. The van der Waals surface area contributed by atoms with Gasteiger partial charge in [0.15, 0.2) is 11.6 Å². The molecule has 0 aromatic heterocycles. The van der Waals surface area contributed by atoms with E-state index in [1.165, 1.54) is 24.3 Å². The van der Waals surface area contributed by atoms with Crippen molar-refractivity contribution in [3.05, 3.63) is 90.9 Å². The Morgan fingerprint density at radius 2 is 1.59 bits per heavy atom. The summed E-state index contributed by atoms with van der Waals surface area (Å²) >= 11 is 3.20. The van der Waals surface area contributed by atoms with Gasteiger partial charge in [-0.05, 0) is 47.1 Å². The summed E-state index contributed by atoms with van der Waals surface area (Å²) in [5.41, 5.74) is 5.63. The molecule has 0 atom stereocenters. The number of halogens is 1. The summed E-state index contributed by atoms with van der Waals surface area (Å²) in [6.07, 6.45) is 0. The monoisotopic (exact) mass is 515 g/mol. The number of non-ortho nitro benzene ring substituents is 1. The van der Waals surface area contributed by atoms with Gasteiger partial charge in [0, 0.05) is 27.7 Å². The van der Waals surface area contributed by atoms with Gasteiger partial charge in [0.2, 0.25) is 0 Å². The number of nitrogens with zero attached hydrogens (tertiary/aromatic N) is 1. The van der Waals surface area contributed by atoms with E-state index in [1.54, 1.807) is 19.1 Å².